The van der Waals surface area contributed by atoms with Crippen molar-refractivity contribution in [1.82, 2.24) is 9.80 Å². The highest BCUT2D eigenvalue weighted by Crippen LogP contribution is 2.34. The molecule has 2 heterocycles. The van der Waals surface area contributed by atoms with E-state index >= 15 is 0 Å². The predicted octanol–water partition coefficient (Wildman–Crippen LogP) is 4.13. The molecule has 2 atom stereocenters. The zero-order valence-electron chi connectivity index (χ0n) is 18.4. The first kappa shape index (κ1) is 22.3. The van der Waals surface area contributed by atoms with Gasteiger partial charge in [0, 0.05) is 24.5 Å². The first-order valence-corrected chi connectivity index (χ1v) is 12.5. The Bertz CT molecular complexity index is 836. The molecule has 1 saturated carbocycles. The summed E-state index contributed by atoms with van der Waals surface area (Å²) in [6.45, 7) is 5.14. The number of amides is 1. The molecule has 1 fully saturated rings. The normalized spacial score (nSPS) is 19.3. The zero-order chi connectivity index (χ0) is 21.6. The number of nitrogens with zero attached hydrogens (tertiary/aromatic N) is 2. The second-order valence-corrected chi connectivity index (χ2v) is 9.86. The van der Waals surface area contributed by atoms with Gasteiger partial charge in [-0.3, -0.25) is 9.69 Å². The third-order valence-electron chi connectivity index (χ3n) is 6.23. The number of benzene rings is 1. The fourth-order valence-corrected chi connectivity index (χ4v) is 5.37. The van der Waals surface area contributed by atoms with Gasteiger partial charge in [-0.15, -0.1) is 11.3 Å². The number of ether oxygens (including phenoxy) is 1. The van der Waals surface area contributed by atoms with Crippen molar-refractivity contribution in [1.29, 1.82) is 0 Å². The number of hydrogen-bond acceptors (Lipinski definition) is 5. The SMILES string of the molecule is CCC[C@H](O)CN(CC(=O)N1CCc2sccc2[C@H]1COc1ccccc1)CC1CC1. The van der Waals surface area contributed by atoms with Gasteiger partial charge in [-0.2, -0.15) is 0 Å². The molecule has 1 aromatic heterocycles. The van der Waals surface area contributed by atoms with Gasteiger partial charge in [0.15, 0.2) is 0 Å². The number of carbonyl (C=O) groups is 1. The highest BCUT2D eigenvalue weighted by Gasteiger charge is 2.34. The van der Waals surface area contributed by atoms with Crippen LogP contribution >= 0.6 is 11.3 Å². The first-order chi connectivity index (χ1) is 15.1. The number of rotatable bonds is 11. The van der Waals surface area contributed by atoms with Crippen LogP contribution in [-0.2, 0) is 11.2 Å². The molecule has 0 unspecified atom stereocenters. The van der Waals surface area contributed by atoms with Crippen LogP contribution < -0.4 is 4.74 Å². The van der Waals surface area contributed by atoms with Crippen molar-refractivity contribution in [3.63, 3.8) is 0 Å². The summed E-state index contributed by atoms with van der Waals surface area (Å²) in [5.41, 5.74) is 1.22. The van der Waals surface area contributed by atoms with Crippen LogP contribution in [0.25, 0.3) is 0 Å². The maximum atomic E-state index is 13.5. The molecule has 1 N–H and O–H groups in total. The minimum absolute atomic E-state index is 0.0638. The van der Waals surface area contributed by atoms with Gasteiger partial charge in [-0.25, -0.2) is 0 Å². The van der Waals surface area contributed by atoms with E-state index in [2.05, 4.69) is 23.3 Å². The summed E-state index contributed by atoms with van der Waals surface area (Å²) < 4.78 is 6.09. The number of aliphatic hydroxyl groups excluding tert-OH is 1. The Kier molecular flexibility index (Phi) is 7.64. The molecular weight excluding hydrogens is 408 g/mol. The van der Waals surface area contributed by atoms with E-state index in [1.165, 1.54) is 23.3 Å². The molecule has 2 aliphatic rings. The number of hydrogen-bond donors (Lipinski definition) is 1. The van der Waals surface area contributed by atoms with Crippen molar-refractivity contribution in [2.75, 3.05) is 32.8 Å². The second-order valence-electron chi connectivity index (χ2n) is 8.86. The maximum Gasteiger partial charge on any atom is 0.237 e. The molecule has 1 aliphatic carbocycles. The van der Waals surface area contributed by atoms with Crippen molar-refractivity contribution in [2.45, 2.75) is 51.2 Å². The molecule has 1 amide bonds. The molecule has 0 radical (unpaired) electrons. The molecule has 1 aliphatic heterocycles. The lowest BCUT2D eigenvalue weighted by Crippen LogP contribution is -2.48. The van der Waals surface area contributed by atoms with Gasteiger partial charge >= 0.3 is 0 Å². The zero-order valence-corrected chi connectivity index (χ0v) is 19.2. The van der Waals surface area contributed by atoms with Crippen molar-refractivity contribution in [3.8, 4) is 5.75 Å². The Morgan fingerprint density at radius 1 is 1.29 bits per heavy atom. The Morgan fingerprint density at radius 2 is 2.10 bits per heavy atom. The van der Waals surface area contributed by atoms with Crippen molar-refractivity contribution >= 4 is 17.2 Å². The van der Waals surface area contributed by atoms with Gasteiger partial charge in [0.05, 0.1) is 18.7 Å². The van der Waals surface area contributed by atoms with Gasteiger partial charge in [0.25, 0.3) is 0 Å². The Labute approximate surface area is 189 Å². The van der Waals surface area contributed by atoms with Gasteiger partial charge in [-0.1, -0.05) is 31.5 Å². The molecule has 1 aromatic carbocycles. The number of aliphatic hydroxyl groups is 1. The highest BCUT2D eigenvalue weighted by molar-refractivity contribution is 7.10. The highest BCUT2D eigenvalue weighted by atomic mass is 32.1. The molecule has 0 bridgehead atoms. The fourth-order valence-electron chi connectivity index (χ4n) is 4.44. The molecule has 2 aromatic rings. The molecule has 4 rings (SSSR count). The van der Waals surface area contributed by atoms with Gasteiger partial charge in [0.2, 0.25) is 5.91 Å². The average Bonchev–Trinajstić information content (AvgIpc) is 3.44. The Balaban J connectivity index is 1.44. The molecule has 0 saturated heterocycles. The molecule has 31 heavy (non-hydrogen) atoms. The molecule has 0 spiro atoms. The lowest BCUT2D eigenvalue weighted by atomic mass is 10.0. The number of carbonyl (C=O) groups excluding carboxylic acids is 1. The summed E-state index contributed by atoms with van der Waals surface area (Å²) in [5.74, 6) is 1.65. The first-order valence-electron chi connectivity index (χ1n) is 11.6. The monoisotopic (exact) mass is 442 g/mol. The lowest BCUT2D eigenvalue weighted by molar-refractivity contribution is -0.136. The smallest absolute Gasteiger partial charge is 0.237 e. The number of fused-ring (bicyclic) bond motifs is 1. The summed E-state index contributed by atoms with van der Waals surface area (Å²) >= 11 is 1.77. The predicted molar refractivity (Wildman–Crippen MR) is 124 cm³/mol. The van der Waals surface area contributed by atoms with Gasteiger partial charge in [0.1, 0.15) is 12.4 Å². The van der Waals surface area contributed by atoms with Crippen LogP contribution in [0.3, 0.4) is 0 Å². The van der Waals surface area contributed by atoms with E-state index in [4.69, 9.17) is 4.74 Å². The third-order valence-corrected chi connectivity index (χ3v) is 7.23. The summed E-state index contributed by atoms with van der Waals surface area (Å²) in [7, 11) is 0. The second kappa shape index (κ2) is 10.6. The minimum atomic E-state index is -0.362. The van der Waals surface area contributed by atoms with Crippen molar-refractivity contribution in [3.05, 3.63) is 52.2 Å². The van der Waals surface area contributed by atoms with Crippen LogP contribution in [0.5, 0.6) is 5.75 Å². The third kappa shape index (κ3) is 6.09. The van der Waals surface area contributed by atoms with Crippen LogP contribution in [0.2, 0.25) is 0 Å². The van der Waals surface area contributed by atoms with Crippen molar-refractivity contribution in [2.24, 2.45) is 5.92 Å². The van der Waals surface area contributed by atoms with Crippen molar-refractivity contribution < 1.29 is 14.6 Å². The van der Waals surface area contributed by atoms with Gasteiger partial charge < -0.3 is 14.7 Å². The van der Waals surface area contributed by atoms with E-state index in [0.29, 0.717) is 25.6 Å². The summed E-state index contributed by atoms with van der Waals surface area (Å²) in [5, 5.41) is 12.5. The van der Waals surface area contributed by atoms with Crippen LogP contribution in [0.4, 0.5) is 0 Å². The lowest BCUT2D eigenvalue weighted by Gasteiger charge is -2.37. The minimum Gasteiger partial charge on any atom is -0.491 e. The summed E-state index contributed by atoms with van der Waals surface area (Å²) in [6.07, 6.45) is 4.76. The van der Waals surface area contributed by atoms with E-state index in [9.17, 15) is 9.90 Å². The Hall–Kier alpha value is -1.89. The topological polar surface area (TPSA) is 53.0 Å². The van der Waals surface area contributed by atoms with E-state index in [-0.39, 0.29) is 18.1 Å². The molecular formula is C25H34N2O3S. The maximum absolute atomic E-state index is 13.5. The summed E-state index contributed by atoms with van der Waals surface area (Å²) in [6, 6.07) is 11.9. The van der Waals surface area contributed by atoms with Crippen LogP contribution in [0.1, 0.15) is 49.1 Å². The van der Waals surface area contributed by atoms with Gasteiger partial charge in [-0.05, 0) is 60.7 Å². The average molecular weight is 443 g/mol. The standard InChI is InChI=1S/C25H34N2O3S/c1-2-6-20(28)16-26(15-19-9-10-19)17-25(29)27-13-11-24-22(12-14-31-24)23(27)18-30-21-7-4-3-5-8-21/h3-5,7-8,12,14,19-20,23,28H,2,6,9-11,13,15-18H2,1H3/t20-,23+/m0/s1. The molecule has 168 valence electrons. The number of para-hydroxylation sites is 1. The van der Waals surface area contributed by atoms with Crippen LogP contribution in [0.15, 0.2) is 41.8 Å². The van der Waals surface area contributed by atoms with E-state index in [1.807, 2.05) is 35.2 Å². The van der Waals surface area contributed by atoms with Crippen LogP contribution in [0, 0.1) is 5.92 Å². The van der Waals surface area contributed by atoms with Crippen LogP contribution in [-0.4, -0.2) is 59.7 Å². The van der Waals surface area contributed by atoms with E-state index < -0.39 is 0 Å². The van der Waals surface area contributed by atoms with E-state index in [1.54, 1.807) is 11.3 Å². The molecule has 5 nitrogen and oxygen atoms in total. The fraction of sp³-hybridized carbons (Fsp3) is 0.560. The number of thiophene rings is 1. The van der Waals surface area contributed by atoms with E-state index in [0.717, 1.165) is 38.1 Å². The summed E-state index contributed by atoms with van der Waals surface area (Å²) in [4.78, 5) is 19.0. The quantitative estimate of drug-likeness (QED) is 0.569. The Morgan fingerprint density at radius 3 is 2.84 bits per heavy atom. The largest absolute Gasteiger partial charge is 0.491 e. The molecule has 6 heteroatoms.